The number of nitrogens with one attached hydrogen (secondary N) is 1. The van der Waals surface area contributed by atoms with Gasteiger partial charge in [0.15, 0.2) is 5.01 Å². The standard InChI is InChI=1S/C26H25ClN4O6S/c1-30(24(33)23-29-19-11-12-31(26(35)36)14-21(19)38-23)20-13-16(25(34)37-2)4-3-15(20)5-10-22(32)28-18-8-6-17(27)7-9-18/h3-4,6-9,13H,5,10-12,14H2,1-2H3,(H,28,32)(H,35,36). The third-order valence-electron chi connectivity index (χ3n) is 6.11. The van der Waals surface area contributed by atoms with Gasteiger partial charge in [0.05, 0.1) is 24.9 Å². The van der Waals surface area contributed by atoms with Crippen LogP contribution in [0.2, 0.25) is 5.02 Å². The van der Waals surface area contributed by atoms with Crippen LogP contribution < -0.4 is 10.2 Å². The van der Waals surface area contributed by atoms with E-state index < -0.39 is 18.0 Å². The summed E-state index contributed by atoms with van der Waals surface area (Å²) in [6.07, 6.45) is -0.152. The van der Waals surface area contributed by atoms with Gasteiger partial charge in [0.2, 0.25) is 5.91 Å². The van der Waals surface area contributed by atoms with Gasteiger partial charge in [0.25, 0.3) is 5.91 Å². The molecular formula is C26H25ClN4O6S. The molecule has 0 bridgehead atoms. The van der Waals surface area contributed by atoms with Crippen LogP contribution in [0.25, 0.3) is 0 Å². The molecule has 1 aromatic heterocycles. The minimum Gasteiger partial charge on any atom is -0.465 e. The molecule has 1 aliphatic rings. The summed E-state index contributed by atoms with van der Waals surface area (Å²) in [6.45, 7) is 0.504. The van der Waals surface area contributed by atoms with Gasteiger partial charge in [-0.25, -0.2) is 14.6 Å². The third-order valence-corrected chi connectivity index (χ3v) is 7.43. The number of aryl methyl sites for hydroxylation is 1. The second-order valence-corrected chi connectivity index (χ2v) is 10.1. The van der Waals surface area contributed by atoms with Crippen molar-refractivity contribution in [1.82, 2.24) is 9.88 Å². The van der Waals surface area contributed by atoms with Gasteiger partial charge in [-0.15, -0.1) is 11.3 Å². The molecule has 2 N–H and O–H groups in total. The lowest BCUT2D eigenvalue weighted by molar-refractivity contribution is -0.116. The van der Waals surface area contributed by atoms with Gasteiger partial charge < -0.3 is 25.0 Å². The van der Waals surface area contributed by atoms with E-state index in [1.807, 2.05) is 0 Å². The number of hydrogen-bond acceptors (Lipinski definition) is 7. The number of amides is 3. The van der Waals surface area contributed by atoms with Crippen LogP contribution in [0, 0.1) is 0 Å². The van der Waals surface area contributed by atoms with E-state index in [4.69, 9.17) is 16.3 Å². The first-order valence-corrected chi connectivity index (χ1v) is 12.9. The maximum Gasteiger partial charge on any atom is 0.407 e. The van der Waals surface area contributed by atoms with Crippen molar-refractivity contribution in [2.45, 2.75) is 25.8 Å². The molecule has 4 rings (SSSR count). The molecular weight excluding hydrogens is 532 g/mol. The molecule has 3 amide bonds. The molecule has 10 nitrogen and oxygen atoms in total. The van der Waals surface area contributed by atoms with E-state index in [9.17, 15) is 24.3 Å². The Bertz CT molecular complexity index is 1390. The Kier molecular flexibility index (Phi) is 8.28. The van der Waals surface area contributed by atoms with Crippen molar-refractivity contribution in [2.24, 2.45) is 0 Å². The van der Waals surface area contributed by atoms with E-state index in [1.165, 1.54) is 16.9 Å². The Labute approximate surface area is 227 Å². The van der Waals surface area contributed by atoms with E-state index in [1.54, 1.807) is 49.5 Å². The molecule has 12 heteroatoms. The highest BCUT2D eigenvalue weighted by molar-refractivity contribution is 7.13. The summed E-state index contributed by atoms with van der Waals surface area (Å²) >= 11 is 7.05. The summed E-state index contributed by atoms with van der Waals surface area (Å²) in [6, 6.07) is 11.6. The summed E-state index contributed by atoms with van der Waals surface area (Å²) in [7, 11) is 2.84. The third kappa shape index (κ3) is 6.12. The van der Waals surface area contributed by atoms with E-state index in [0.29, 0.717) is 47.0 Å². The number of ether oxygens (including phenoxy) is 1. The molecule has 0 aliphatic carbocycles. The van der Waals surface area contributed by atoms with Crippen molar-refractivity contribution in [1.29, 1.82) is 0 Å². The molecule has 198 valence electrons. The van der Waals surface area contributed by atoms with Crippen molar-refractivity contribution in [2.75, 3.05) is 30.9 Å². The fraction of sp³-hybridized carbons (Fsp3) is 0.269. The Morgan fingerprint density at radius 1 is 1.18 bits per heavy atom. The predicted octanol–water partition coefficient (Wildman–Crippen LogP) is 4.47. The quantitative estimate of drug-likeness (QED) is 0.411. The molecule has 2 heterocycles. The topological polar surface area (TPSA) is 129 Å². The predicted molar refractivity (Wildman–Crippen MR) is 143 cm³/mol. The molecule has 3 aromatic rings. The summed E-state index contributed by atoms with van der Waals surface area (Å²) in [5.74, 6) is -1.18. The number of anilines is 2. The first-order chi connectivity index (χ1) is 18.2. The smallest absolute Gasteiger partial charge is 0.407 e. The number of hydrogen-bond donors (Lipinski definition) is 2. The number of thiazole rings is 1. The maximum absolute atomic E-state index is 13.4. The van der Waals surface area contributed by atoms with Crippen LogP contribution in [-0.4, -0.2) is 59.6 Å². The number of rotatable bonds is 7. The minimum absolute atomic E-state index is 0.131. The van der Waals surface area contributed by atoms with Crippen molar-refractivity contribution >= 4 is 58.2 Å². The van der Waals surface area contributed by atoms with Gasteiger partial charge in [0.1, 0.15) is 0 Å². The molecule has 38 heavy (non-hydrogen) atoms. The van der Waals surface area contributed by atoms with Crippen molar-refractivity contribution < 1.29 is 29.0 Å². The fourth-order valence-corrected chi connectivity index (χ4v) is 5.27. The van der Waals surface area contributed by atoms with Crippen LogP contribution in [0.5, 0.6) is 0 Å². The molecule has 0 atom stereocenters. The molecule has 0 saturated carbocycles. The number of fused-ring (bicyclic) bond motifs is 1. The lowest BCUT2D eigenvalue weighted by Crippen LogP contribution is -2.34. The summed E-state index contributed by atoms with van der Waals surface area (Å²) in [4.78, 5) is 57.4. The second kappa shape index (κ2) is 11.6. The summed E-state index contributed by atoms with van der Waals surface area (Å²) in [5.41, 5.74) is 2.71. The van der Waals surface area contributed by atoms with E-state index in [-0.39, 0.29) is 29.4 Å². The Balaban J connectivity index is 1.54. The molecule has 1 aliphatic heterocycles. The number of carbonyl (C=O) groups excluding carboxylic acids is 3. The minimum atomic E-state index is -1.02. The Hall–Kier alpha value is -3.96. The largest absolute Gasteiger partial charge is 0.465 e. The van der Waals surface area contributed by atoms with Crippen LogP contribution in [0.4, 0.5) is 16.2 Å². The van der Waals surface area contributed by atoms with Gasteiger partial charge in [-0.3, -0.25) is 9.59 Å². The fourth-order valence-electron chi connectivity index (χ4n) is 4.04. The number of nitrogens with zero attached hydrogens (tertiary/aromatic N) is 3. The van der Waals surface area contributed by atoms with Crippen molar-refractivity contribution in [3.8, 4) is 0 Å². The Morgan fingerprint density at radius 2 is 1.92 bits per heavy atom. The zero-order valence-electron chi connectivity index (χ0n) is 20.7. The van der Waals surface area contributed by atoms with Crippen LogP contribution in [-0.2, 0) is 28.9 Å². The number of carboxylic acid groups (broad SMARTS) is 1. The first kappa shape index (κ1) is 27.1. The normalized spacial score (nSPS) is 12.4. The number of benzene rings is 2. The number of methoxy groups -OCH3 is 1. The van der Waals surface area contributed by atoms with Gasteiger partial charge >= 0.3 is 12.1 Å². The van der Waals surface area contributed by atoms with Crippen LogP contribution in [0.3, 0.4) is 0 Å². The average Bonchev–Trinajstić information content (AvgIpc) is 3.35. The highest BCUT2D eigenvalue weighted by Gasteiger charge is 2.28. The molecule has 0 saturated heterocycles. The number of esters is 1. The molecule has 0 spiro atoms. The van der Waals surface area contributed by atoms with Gasteiger partial charge in [-0.1, -0.05) is 17.7 Å². The van der Waals surface area contributed by atoms with Crippen molar-refractivity contribution in [3.63, 3.8) is 0 Å². The summed E-state index contributed by atoms with van der Waals surface area (Å²) < 4.78 is 4.83. The average molecular weight is 557 g/mol. The van der Waals surface area contributed by atoms with Gasteiger partial charge in [-0.05, 0) is 48.4 Å². The van der Waals surface area contributed by atoms with Crippen LogP contribution in [0.15, 0.2) is 42.5 Å². The number of halogens is 1. The number of aromatic nitrogens is 1. The van der Waals surface area contributed by atoms with Crippen molar-refractivity contribution in [3.05, 3.63) is 74.2 Å². The highest BCUT2D eigenvalue weighted by atomic mass is 35.5. The van der Waals surface area contributed by atoms with Gasteiger partial charge in [0, 0.05) is 47.7 Å². The Morgan fingerprint density at radius 3 is 2.61 bits per heavy atom. The van der Waals surface area contributed by atoms with Crippen LogP contribution >= 0.6 is 22.9 Å². The van der Waals surface area contributed by atoms with E-state index >= 15 is 0 Å². The molecule has 2 aromatic carbocycles. The van der Waals surface area contributed by atoms with Crippen LogP contribution in [0.1, 0.15) is 42.7 Å². The molecule has 0 unspecified atom stereocenters. The monoisotopic (exact) mass is 556 g/mol. The maximum atomic E-state index is 13.4. The van der Waals surface area contributed by atoms with Gasteiger partial charge in [-0.2, -0.15) is 0 Å². The lowest BCUT2D eigenvalue weighted by atomic mass is 10.0. The SMILES string of the molecule is COC(=O)c1ccc(CCC(=O)Nc2ccc(Cl)cc2)c(N(C)C(=O)c2nc3c(s2)CN(C(=O)O)CC3)c1. The van der Waals surface area contributed by atoms with E-state index in [2.05, 4.69) is 10.3 Å². The van der Waals surface area contributed by atoms with E-state index in [0.717, 1.165) is 16.2 Å². The first-order valence-electron chi connectivity index (χ1n) is 11.7. The zero-order valence-corrected chi connectivity index (χ0v) is 22.3. The second-order valence-electron chi connectivity index (χ2n) is 8.60. The zero-order chi connectivity index (χ0) is 27.4. The summed E-state index contributed by atoms with van der Waals surface area (Å²) in [5, 5.41) is 12.9. The highest BCUT2D eigenvalue weighted by Crippen LogP contribution is 2.29. The molecule has 0 radical (unpaired) electrons. The lowest BCUT2D eigenvalue weighted by Gasteiger charge is -2.22. The molecule has 0 fully saturated rings. The number of carbonyl (C=O) groups is 4.